The van der Waals surface area contributed by atoms with Gasteiger partial charge in [-0.15, -0.1) is 12.4 Å². The zero-order chi connectivity index (χ0) is 11.4. The average molecular weight is 254 g/mol. The van der Waals surface area contributed by atoms with Crippen molar-refractivity contribution < 1.29 is 4.79 Å². The van der Waals surface area contributed by atoms with Crippen LogP contribution in [-0.2, 0) is 6.42 Å². The summed E-state index contributed by atoms with van der Waals surface area (Å²) in [6.45, 7) is 4.08. The molecule has 0 atom stereocenters. The highest BCUT2D eigenvalue weighted by Crippen LogP contribution is 2.18. The van der Waals surface area contributed by atoms with Crippen LogP contribution in [0.25, 0.3) is 0 Å². The van der Waals surface area contributed by atoms with Crippen LogP contribution in [0, 0.1) is 5.92 Å². The lowest BCUT2D eigenvalue weighted by Gasteiger charge is -2.21. The Bertz CT molecular complexity index is 355. The summed E-state index contributed by atoms with van der Waals surface area (Å²) in [6.07, 6.45) is 2.99. The molecule has 0 saturated carbocycles. The second-order valence-electron chi connectivity index (χ2n) is 4.44. The first-order valence-corrected chi connectivity index (χ1v) is 6.15. The maximum absolute atomic E-state index is 12.2. The van der Waals surface area contributed by atoms with E-state index in [2.05, 4.69) is 24.4 Å². The molecule has 0 radical (unpaired) electrons. The summed E-state index contributed by atoms with van der Waals surface area (Å²) in [5.74, 6) is 0.554. The summed E-state index contributed by atoms with van der Waals surface area (Å²) < 4.78 is 0. The van der Waals surface area contributed by atoms with Gasteiger partial charge < -0.3 is 5.32 Å². The molecular formula is C14H20ClNO. The van der Waals surface area contributed by atoms with Gasteiger partial charge in [0.05, 0.1) is 0 Å². The van der Waals surface area contributed by atoms with Gasteiger partial charge in [0.1, 0.15) is 0 Å². The number of hydrogen-bond donors (Lipinski definition) is 1. The Morgan fingerprint density at radius 1 is 1.24 bits per heavy atom. The highest BCUT2D eigenvalue weighted by Gasteiger charge is 2.21. The van der Waals surface area contributed by atoms with Crippen molar-refractivity contribution in [3.05, 3.63) is 35.4 Å². The first kappa shape index (κ1) is 14.2. The predicted molar refractivity (Wildman–Crippen MR) is 73.0 cm³/mol. The number of nitrogens with one attached hydrogen (secondary N) is 1. The molecule has 0 unspecified atom stereocenters. The van der Waals surface area contributed by atoms with Crippen LogP contribution in [-0.4, -0.2) is 18.9 Å². The molecule has 1 aliphatic rings. The van der Waals surface area contributed by atoms with E-state index < -0.39 is 0 Å². The van der Waals surface area contributed by atoms with Crippen molar-refractivity contribution in [3.8, 4) is 0 Å². The molecule has 0 amide bonds. The summed E-state index contributed by atoms with van der Waals surface area (Å²) in [7, 11) is 0. The fourth-order valence-electron chi connectivity index (χ4n) is 2.22. The molecule has 1 aromatic carbocycles. The van der Waals surface area contributed by atoms with E-state index in [-0.39, 0.29) is 18.3 Å². The standard InChI is InChI=1S/C14H19NO.ClH/c1-2-11-3-5-12(6-4-11)14(16)13-7-9-15-10-8-13;/h3-6,13,15H,2,7-10H2,1H3;1H. The summed E-state index contributed by atoms with van der Waals surface area (Å²) in [5.41, 5.74) is 2.17. The molecule has 0 spiro atoms. The van der Waals surface area contributed by atoms with Gasteiger partial charge in [-0.1, -0.05) is 31.2 Å². The van der Waals surface area contributed by atoms with Crippen LogP contribution < -0.4 is 5.32 Å². The largest absolute Gasteiger partial charge is 0.317 e. The van der Waals surface area contributed by atoms with Crippen molar-refractivity contribution in [2.45, 2.75) is 26.2 Å². The molecule has 0 aromatic heterocycles. The van der Waals surface area contributed by atoms with E-state index in [4.69, 9.17) is 0 Å². The number of rotatable bonds is 3. The zero-order valence-corrected chi connectivity index (χ0v) is 11.1. The monoisotopic (exact) mass is 253 g/mol. The summed E-state index contributed by atoms with van der Waals surface area (Å²) in [5, 5.41) is 3.29. The Hall–Kier alpha value is -0.860. The summed E-state index contributed by atoms with van der Waals surface area (Å²) in [4.78, 5) is 12.2. The maximum atomic E-state index is 12.2. The van der Waals surface area contributed by atoms with E-state index in [1.165, 1.54) is 5.56 Å². The minimum absolute atomic E-state index is 0. The molecule has 0 aliphatic carbocycles. The Morgan fingerprint density at radius 2 is 1.82 bits per heavy atom. The Morgan fingerprint density at radius 3 is 2.35 bits per heavy atom. The van der Waals surface area contributed by atoms with E-state index in [0.717, 1.165) is 37.9 Å². The van der Waals surface area contributed by atoms with Gasteiger partial charge in [-0.3, -0.25) is 4.79 Å². The molecular weight excluding hydrogens is 234 g/mol. The van der Waals surface area contributed by atoms with Gasteiger partial charge in [-0.25, -0.2) is 0 Å². The predicted octanol–water partition coefficient (Wildman–Crippen LogP) is 2.85. The molecule has 3 heteroatoms. The van der Waals surface area contributed by atoms with Crippen molar-refractivity contribution in [3.63, 3.8) is 0 Å². The molecule has 1 saturated heterocycles. The van der Waals surface area contributed by atoms with Crippen molar-refractivity contribution >= 4 is 18.2 Å². The number of Topliss-reactive ketones (excluding diaryl/α,β-unsaturated/α-hetero) is 1. The average Bonchev–Trinajstić information content (AvgIpc) is 2.39. The lowest BCUT2D eigenvalue weighted by atomic mass is 9.89. The smallest absolute Gasteiger partial charge is 0.166 e. The zero-order valence-electron chi connectivity index (χ0n) is 10.2. The number of aryl methyl sites for hydroxylation is 1. The number of piperidine rings is 1. The van der Waals surface area contributed by atoms with Gasteiger partial charge in [-0.2, -0.15) is 0 Å². The SMILES string of the molecule is CCc1ccc(C(=O)C2CCNCC2)cc1.Cl. The molecule has 1 N–H and O–H groups in total. The molecule has 0 bridgehead atoms. The van der Waals surface area contributed by atoms with Crippen LogP contribution in [0.2, 0.25) is 0 Å². The van der Waals surface area contributed by atoms with Crippen LogP contribution in [0.5, 0.6) is 0 Å². The Balaban J connectivity index is 0.00000144. The van der Waals surface area contributed by atoms with Crippen molar-refractivity contribution in [2.75, 3.05) is 13.1 Å². The van der Waals surface area contributed by atoms with E-state index >= 15 is 0 Å². The number of benzene rings is 1. The third kappa shape index (κ3) is 3.55. The van der Waals surface area contributed by atoms with Crippen LogP contribution >= 0.6 is 12.4 Å². The number of ketones is 1. The van der Waals surface area contributed by atoms with E-state index in [0.29, 0.717) is 5.78 Å². The van der Waals surface area contributed by atoms with Gasteiger partial charge in [0, 0.05) is 11.5 Å². The van der Waals surface area contributed by atoms with Crippen LogP contribution in [0.3, 0.4) is 0 Å². The molecule has 1 heterocycles. The minimum atomic E-state index is 0. The Labute approximate surface area is 109 Å². The third-order valence-electron chi connectivity index (χ3n) is 3.36. The first-order valence-electron chi connectivity index (χ1n) is 6.15. The molecule has 94 valence electrons. The Kier molecular flexibility index (Phi) is 5.66. The molecule has 1 aliphatic heterocycles. The van der Waals surface area contributed by atoms with Crippen LogP contribution in [0.15, 0.2) is 24.3 Å². The molecule has 2 rings (SSSR count). The number of hydrogen-bond acceptors (Lipinski definition) is 2. The van der Waals surface area contributed by atoms with Gasteiger partial charge in [0.2, 0.25) is 0 Å². The van der Waals surface area contributed by atoms with Gasteiger partial charge >= 0.3 is 0 Å². The van der Waals surface area contributed by atoms with E-state index in [1.54, 1.807) is 0 Å². The van der Waals surface area contributed by atoms with Crippen LogP contribution in [0.1, 0.15) is 35.7 Å². The van der Waals surface area contributed by atoms with Gasteiger partial charge in [-0.05, 0) is 37.9 Å². The quantitative estimate of drug-likeness (QED) is 0.840. The number of carbonyl (C=O) groups excluding carboxylic acids is 1. The normalized spacial score (nSPS) is 16.3. The summed E-state index contributed by atoms with van der Waals surface area (Å²) >= 11 is 0. The molecule has 1 fully saturated rings. The molecule has 1 aromatic rings. The van der Waals surface area contributed by atoms with Crippen molar-refractivity contribution in [1.29, 1.82) is 0 Å². The molecule has 2 nitrogen and oxygen atoms in total. The fraction of sp³-hybridized carbons (Fsp3) is 0.500. The maximum Gasteiger partial charge on any atom is 0.166 e. The van der Waals surface area contributed by atoms with E-state index in [1.807, 2.05) is 12.1 Å². The topological polar surface area (TPSA) is 29.1 Å². The van der Waals surface area contributed by atoms with Crippen molar-refractivity contribution in [1.82, 2.24) is 5.32 Å². The molecule has 17 heavy (non-hydrogen) atoms. The first-order chi connectivity index (χ1) is 7.81. The highest BCUT2D eigenvalue weighted by atomic mass is 35.5. The second-order valence-corrected chi connectivity index (χ2v) is 4.44. The van der Waals surface area contributed by atoms with Crippen LogP contribution in [0.4, 0.5) is 0 Å². The lowest BCUT2D eigenvalue weighted by Crippen LogP contribution is -2.31. The fourth-order valence-corrected chi connectivity index (χ4v) is 2.22. The minimum Gasteiger partial charge on any atom is -0.317 e. The van der Waals surface area contributed by atoms with Gasteiger partial charge in [0.25, 0.3) is 0 Å². The summed E-state index contributed by atoms with van der Waals surface area (Å²) in [6, 6.07) is 8.08. The third-order valence-corrected chi connectivity index (χ3v) is 3.36. The van der Waals surface area contributed by atoms with Gasteiger partial charge in [0.15, 0.2) is 5.78 Å². The van der Waals surface area contributed by atoms with Crippen molar-refractivity contribution in [2.24, 2.45) is 5.92 Å². The number of carbonyl (C=O) groups is 1. The number of halogens is 1. The highest BCUT2D eigenvalue weighted by molar-refractivity contribution is 5.97. The second kappa shape index (κ2) is 6.77. The lowest BCUT2D eigenvalue weighted by molar-refractivity contribution is 0.0895. The van der Waals surface area contributed by atoms with E-state index in [9.17, 15) is 4.79 Å².